The van der Waals surface area contributed by atoms with Gasteiger partial charge < -0.3 is 10.1 Å². The number of anilines is 1. The molecule has 7 heteroatoms. The van der Waals surface area contributed by atoms with E-state index in [1.165, 1.54) is 10.6 Å². The monoisotopic (exact) mass is 404 g/mol. The van der Waals surface area contributed by atoms with E-state index >= 15 is 0 Å². The van der Waals surface area contributed by atoms with E-state index in [1.54, 1.807) is 12.1 Å². The molecule has 152 valence electrons. The molecule has 2 aromatic rings. The quantitative estimate of drug-likeness (QED) is 0.659. The van der Waals surface area contributed by atoms with Gasteiger partial charge in [0.05, 0.1) is 18.6 Å². The standard InChI is InChI=1S/C21H28N2O4S/c1-4-27-20-13-9-18(10-14-20)16-22-21(24)6-5-15-23(28(3,25)26)19-11-7-17(2)8-12-19/h7-14H,4-6,15-16H2,1-3H3,(H,22,24). The lowest BCUT2D eigenvalue weighted by molar-refractivity contribution is -0.121. The van der Waals surface area contributed by atoms with Crippen molar-refractivity contribution in [3.8, 4) is 5.75 Å². The second kappa shape index (κ2) is 10.1. The second-order valence-electron chi connectivity index (χ2n) is 6.63. The molecule has 0 saturated heterocycles. The predicted molar refractivity (Wildman–Crippen MR) is 112 cm³/mol. The molecule has 1 N–H and O–H groups in total. The minimum absolute atomic E-state index is 0.105. The molecule has 0 bridgehead atoms. The highest BCUT2D eigenvalue weighted by molar-refractivity contribution is 7.92. The van der Waals surface area contributed by atoms with Gasteiger partial charge in [0.1, 0.15) is 5.75 Å². The van der Waals surface area contributed by atoms with E-state index in [1.807, 2.05) is 50.2 Å². The minimum Gasteiger partial charge on any atom is -0.494 e. The van der Waals surface area contributed by atoms with Crippen LogP contribution in [0.4, 0.5) is 5.69 Å². The normalized spacial score (nSPS) is 11.1. The number of amides is 1. The lowest BCUT2D eigenvalue weighted by atomic mass is 10.2. The van der Waals surface area contributed by atoms with Crippen LogP contribution in [0.3, 0.4) is 0 Å². The molecule has 1 amide bonds. The molecule has 2 aromatic carbocycles. The molecule has 0 aliphatic rings. The highest BCUT2D eigenvalue weighted by atomic mass is 32.2. The van der Waals surface area contributed by atoms with Gasteiger partial charge in [0.2, 0.25) is 15.9 Å². The van der Waals surface area contributed by atoms with Crippen LogP contribution in [0.1, 0.15) is 30.9 Å². The molecule has 0 aromatic heterocycles. The Bertz CT molecular complexity index is 862. The molecular weight excluding hydrogens is 376 g/mol. The third-order valence-corrected chi connectivity index (χ3v) is 5.41. The fourth-order valence-corrected chi connectivity index (χ4v) is 3.71. The summed E-state index contributed by atoms with van der Waals surface area (Å²) in [5.74, 6) is 0.695. The summed E-state index contributed by atoms with van der Waals surface area (Å²) >= 11 is 0. The third kappa shape index (κ3) is 6.88. The van der Waals surface area contributed by atoms with E-state index in [0.717, 1.165) is 16.9 Å². The lowest BCUT2D eigenvalue weighted by Crippen LogP contribution is -2.32. The predicted octanol–water partition coefficient (Wildman–Crippen LogP) is 3.26. The van der Waals surface area contributed by atoms with E-state index in [4.69, 9.17) is 4.74 Å². The van der Waals surface area contributed by atoms with Gasteiger partial charge in [-0.2, -0.15) is 0 Å². The number of rotatable bonds is 10. The van der Waals surface area contributed by atoms with Crippen LogP contribution in [-0.4, -0.2) is 33.7 Å². The number of benzene rings is 2. The van der Waals surface area contributed by atoms with Gasteiger partial charge in [0, 0.05) is 19.5 Å². The molecule has 0 unspecified atom stereocenters. The van der Waals surface area contributed by atoms with Gasteiger partial charge in [0.25, 0.3) is 0 Å². The zero-order valence-corrected chi connectivity index (χ0v) is 17.5. The van der Waals surface area contributed by atoms with Crippen molar-refractivity contribution in [3.05, 3.63) is 59.7 Å². The van der Waals surface area contributed by atoms with Gasteiger partial charge in [-0.1, -0.05) is 29.8 Å². The summed E-state index contributed by atoms with van der Waals surface area (Å²) < 4.78 is 30.9. The highest BCUT2D eigenvalue weighted by Gasteiger charge is 2.17. The Morgan fingerprint density at radius 3 is 2.29 bits per heavy atom. The summed E-state index contributed by atoms with van der Waals surface area (Å²) in [6.45, 7) is 5.18. The van der Waals surface area contributed by atoms with Crippen molar-refractivity contribution in [1.82, 2.24) is 5.32 Å². The van der Waals surface area contributed by atoms with Crippen LogP contribution in [0, 0.1) is 6.92 Å². The first-order valence-electron chi connectivity index (χ1n) is 9.32. The number of ether oxygens (including phenoxy) is 1. The summed E-state index contributed by atoms with van der Waals surface area (Å²) in [6, 6.07) is 14.9. The van der Waals surface area contributed by atoms with Crippen molar-refractivity contribution in [2.24, 2.45) is 0 Å². The second-order valence-corrected chi connectivity index (χ2v) is 8.53. The van der Waals surface area contributed by atoms with E-state index in [9.17, 15) is 13.2 Å². The minimum atomic E-state index is -3.40. The molecule has 0 saturated carbocycles. The fraction of sp³-hybridized carbons (Fsp3) is 0.381. The van der Waals surface area contributed by atoms with Gasteiger partial charge in [-0.05, 0) is 50.1 Å². The third-order valence-electron chi connectivity index (χ3n) is 4.21. The number of hydrogen-bond acceptors (Lipinski definition) is 4. The Balaban J connectivity index is 1.83. The summed E-state index contributed by atoms with van der Waals surface area (Å²) in [5, 5.41) is 2.86. The molecule has 6 nitrogen and oxygen atoms in total. The van der Waals surface area contributed by atoms with E-state index in [0.29, 0.717) is 25.3 Å². The van der Waals surface area contributed by atoms with Gasteiger partial charge in [0.15, 0.2) is 0 Å². The summed E-state index contributed by atoms with van der Waals surface area (Å²) in [5.41, 5.74) is 2.66. The summed E-state index contributed by atoms with van der Waals surface area (Å²) in [7, 11) is -3.40. The number of carbonyl (C=O) groups excluding carboxylic acids is 1. The maximum atomic E-state index is 12.1. The van der Waals surface area contributed by atoms with Crippen LogP contribution < -0.4 is 14.4 Å². The van der Waals surface area contributed by atoms with Crippen LogP contribution >= 0.6 is 0 Å². The average Bonchev–Trinajstić information content (AvgIpc) is 2.65. The number of sulfonamides is 1. The van der Waals surface area contributed by atoms with Crippen LogP contribution in [0.25, 0.3) is 0 Å². The van der Waals surface area contributed by atoms with E-state index < -0.39 is 10.0 Å². The van der Waals surface area contributed by atoms with Gasteiger partial charge in [-0.3, -0.25) is 9.10 Å². The molecule has 0 fully saturated rings. The molecule has 0 aliphatic heterocycles. The Hall–Kier alpha value is -2.54. The molecule has 28 heavy (non-hydrogen) atoms. The van der Waals surface area contributed by atoms with Crippen molar-refractivity contribution in [2.45, 2.75) is 33.2 Å². The lowest BCUT2D eigenvalue weighted by Gasteiger charge is -2.22. The number of hydrogen-bond donors (Lipinski definition) is 1. The maximum Gasteiger partial charge on any atom is 0.232 e. The molecule has 0 spiro atoms. The van der Waals surface area contributed by atoms with Crippen LogP contribution in [0.15, 0.2) is 48.5 Å². The van der Waals surface area contributed by atoms with Gasteiger partial charge >= 0.3 is 0 Å². The SMILES string of the molecule is CCOc1ccc(CNC(=O)CCCN(c2ccc(C)cc2)S(C)(=O)=O)cc1. The highest BCUT2D eigenvalue weighted by Crippen LogP contribution is 2.19. The first kappa shape index (κ1) is 21.8. The molecule has 0 aliphatic carbocycles. The van der Waals surface area contributed by atoms with Crippen molar-refractivity contribution >= 4 is 21.6 Å². The Kier molecular flexibility index (Phi) is 7.87. The average molecular weight is 405 g/mol. The van der Waals surface area contributed by atoms with E-state index in [2.05, 4.69) is 5.32 Å². The molecule has 2 rings (SSSR count). The Morgan fingerprint density at radius 1 is 1.07 bits per heavy atom. The molecular formula is C21H28N2O4S. The number of aryl methyl sites for hydroxylation is 1. The fourth-order valence-electron chi connectivity index (χ4n) is 2.74. The smallest absolute Gasteiger partial charge is 0.232 e. The van der Waals surface area contributed by atoms with Crippen molar-refractivity contribution in [1.29, 1.82) is 0 Å². The zero-order valence-electron chi connectivity index (χ0n) is 16.6. The largest absolute Gasteiger partial charge is 0.494 e. The zero-order chi connectivity index (χ0) is 20.6. The summed E-state index contributed by atoms with van der Waals surface area (Å²) in [6.07, 6.45) is 1.88. The molecule has 0 radical (unpaired) electrons. The Morgan fingerprint density at radius 2 is 1.71 bits per heavy atom. The number of nitrogens with zero attached hydrogens (tertiary/aromatic N) is 1. The van der Waals surface area contributed by atoms with Gasteiger partial charge in [-0.15, -0.1) is 0 Å². The number of carbonyl (C=O) groups is 1. The Labute approximate surface area is 167 Å². The van der Waals surface area contributed by atoms with E-state index in [-0.39, 0.29) is 18.9 Å². The van der Waals surface area contributed by atoms with Crippen LogP contribution in [0.5, 0.6) is 5.75 Å². The molecule has 0 atom stereocenters. The van der Waals surface area contributed by atoms with Crippen molar-refractivity contribution in [3.63, 3.8) is 0 Å². The topological polar surface area (TPSA) is 75.7 Å². The van der Waals surface area contributed by atoms with Crippen LogP contribution in [-0.2, 0) is 21.4 Å². The van der Waals surface area contributed by atoms with Gasteiger partial charge in [-0.25, -0.2) is 8.42 Å². The first-order valence-corrected chi connectivity index (χ1v) is 11.2. The summed E-state index contributed by atoms with van der Waals surface area (Å²) in [4.78, 5) is 12.1. The molecule has 0 heterocycles. The first-order chi connectivity index (χ1) is 13.3. The number of nitrogens with one attached hydrogen (secondary N) is 1. The van der Waals surface area contributed by atoms with Crippen molar-refractivity contribution < 1.29 is 17.9 Å². The van der Waals surface area contributed by atoms with Crippen LogP contribution in [0.2, 0.25) is 0 Å². The maximum absolute atomic E-state index is 12.1. The van der Waals surface area contributed by atoms with Crippen molar-refractivity contribution in [2.75, 3.05) is 23.7 Å².